The Morgan fingerprint density at radius 3 is 2.88 bits per heavy atom. The van der Waals surface area contributed by atoms with Gasteiger partial charge >= 0.3 is 0 Å². The van der Waals surface area contributed by atoms with Crippen molar-refractivity contribution >= 4 is 0 Å². The summed E-state index contributed by atoms with van der Waals surface area (Å²) >= 11 is 0. The fraction of sp³-hybridized carbons (Fsp3) is 0.769. The summed E-state index contributed by atoms with van der Waals surface area (Å²) in [6.07, 6.45) is 4.30. The van der Waals surface area contributed by atoms with Crippen LogP contribution in [0.25, 0.3) is 0 Å². The van der Waals surface area contributed by atoms with E-state index in [0.717, 1.165) is 18.2 Å². The Bertz CT molecular complexity index is 304. The Kier molecular flexibility index (Phi) is 4.57. The second kappa shape index (κ2) is 6.17. The number of hydrogen-bond acceptors (Lipinski definition) is 4. The van der Waals surface area contributed by atoms with Crippen molar-refractivity contribution in [3.63, 3.8) is 0 Å². The summed E-state index contributed by atoms with van der Waals surface area (Å²) in [7, 11) is 0. The molecule has 1 aromatic rings. The second-order valence-electron chi connectivity index (χ2n) is 4.92. The maximum absolute atomic E-state index is 5.08. The zero-order valence-corrected chi connectivity index (χ0v) is 10.9. The molecule has 4 nitrogen and oxygen atoms in total. The van der Waals surface area contributed by atoms with Gasteiger partial charge in [0.2, 0.25) is 0 Å². The Balaban J connectivity index is 1.71. The second-order valence-corrected chi connectivity index (χ2v) is 4.92. The number of hydrogen-bond donors (Lipinski definition) is 1. The number of likely N-dealkylation sites (tertiary alicyclic amines) is 1. The fourth-order valence-corrected chi connectivity index (χ4v) is 2.53. The van der Waals surface area contributed by atoms with Crippen LogP contribution in [-0.2, 0) is 6.54 Å². The molecule has 2 rings (SSSR count). The first kappa shape index (κ1) is 12.6. The van der Waals surface area contributed by atoms with E-state index in [2.05, 4.69) is 29.2 Å². The van der Waals surface area contributed by atoms with Crippen LogP contribution in [0.4, 0.5) is 0 Å². The molecule has 0 spiro atoms. The van der Waals surface area contributed by atoms with Crippen LogP contribution < -0.4 is 5.32 Å². The van der Waals surface area contributed by atoms with Crippen LogP contribution in [0.1, 0.15) is 32.4 Å². The summed E-state index contributed by atoms with van der Waals surface area (Å²) in [6.45, 7) is 8.99. The maximum atomic E-state index is 5.08. The van der Waals surface area contributed by atoms with Gasteiger partial charge in [0.25, 0.3) is 0 Å². The first-order chi connectivity index (χ1) is 8.29. The number of piperidine rings is 1. The molecule has 1 N–H and O–H groups in total. The summed E-state index contributed by atoms with van der Waals surface area (Å²) in [5, 5.41) is 7.25. The van der Waals surface area contributed by atoms with Crippen molar-refractivity contribution in [1.29, 1.82) is 0 Å². The zero-order chi connectivity index (χ0) is 12.1. The third-order valence-electron chi connectivity index (χ3n) is 3.88. The average molecular weight is 237 g/mol. The lowest BCUT2D eigenvalue weighted by molar-refractivity contribution is 0.167. The van der Waals surface area contributed by atoms with Crippen molar-refractivity contribution in [2.45, 2.75) is 39.3 Å². The molecule has 17 heavy (non-hydrogen) atoms. The van der Waals surface area contributed by atoms with Gasteiger partial charge in [0.15, 0.2) is 0 Å². The molecule has 1 fully saturated rings. The number of rotatable bonds is 5. The molecule has 2 heterocycles. The average Bonchev–Trinajstić information content (AvgIpc) is 2.89. The van der Waals surface area contributed by atoms with Gasteiger partial charge in [0.05, 0.1) is 12.7 Å². The molecule has 0 saturated carbocycles. The van der Waals surface area contributed by atoms with Crippen molar-refractivity contribution in [3.8, 4) is 0 Å². The van der Waals surface area contributed by atoms with Crippen molar-refractivity contribution in [3.05, 3.63) is 18.0 Å². The van der Waals surface area contributed by atoms with Gasteiger partial charge < -0.3 is 14.7 Å². The predicted molar refractivity (Wildman–Crippen MR) is 67.6 cm³/mol. The molecule has 0 amide bonds. The molecule has 0 aliphatic carbocycles. The SMILES string of the molecule is CCN1CCC(C(C)NCc2ccno2)CC1. The summed E-state index contributed by atoms with van der Waals surface area (Å²) < 4.78 is 5.08. The lowest BCUT2D eigenvalue weighted by Crippen LogP contribution is -2.41. The topological polar surface area (TPSA) is 41.3 Å². The predicted octanol–water partition coefficient (Wildman–Crippen LogP) is 1.88. The minimum Gasteiger partial charge on any atom is -0.360 e. The molecular weight excluding hydrogens is 214 g/mol. The normalized spacial score (nSPS) is 20.6. The van der Waals surface area contributed by atoms with Crippen LogP contribution in [0, 0.1) is 5.92 Å². The first-order valence-corrected chi connectivity index (χ1v) is 6.65. The highest BCUT2D eigenvalue weighted by Crippen LogP contribution is 2.20. The van der Waals surface area contributed by atoms with Crippen molar-refractivity contribution < 1.29 is 4.52 Å². The highest BCUT2D eigenvalue weighted by Gasteiger charge is 2.22. The van der Waals surface area contributed by atoms with Crippen molar-refractivity contribution in [2.24, 2.45) is 5.92 Å². The van der Waals surface area contributed by atoms with Gasteiger partial charge in [-0.3, -0.25) is 0 Å². The molecule has 0 aromatic carbocycles. The van der Waals surface area contributed by atoms with Gasteiger partial charge in [-0.2, -0.15) is 0 Å². The Morgan fingerprint density at radius 1 is 1.53 bits per heavy atom. The molecule has 0 radical (unpaired) electrons. The highest BCUT2D eigenvalue weighted by atomic mass is 16.5. The van der Waals surface area contributed by atoms with E-state index < -0.39 is 0 Å². The molecule has 1 aliphatic heterocycles. The number of aromatic nitrogens is 1. The third-order valence-corrected chi connectivity index (χ3v) is 3.88. The van der Waals surface area contributed by atoms with E-state index in [9.17, 15) is 0 Å². The first-order valence-electron chi connectivity index (χ1n) is 6.65. The van der Waals surface area contributed by atoms with Crippen LogP contribution >= 0.6 is 0 Å². The van der Waals surface area contributed by atoms with E-state index in [1.807, 2.05) is 6.07 Å². The Labute approximate surface area is 103 Å². The number of nitrogens with zero attached hydrogens (tertiary/aromatic N) is 2. The Hall–Kier alpha value is -0.870. The summed E-state index contributed by atoms with van der Waals surface area (Å²) in [5.74, 6) is 1.71. The maximum Gasteiger partial charge on any atom is 0.150 e. The standard InChI is InChI=1S/C13H23N3O/c1-3-16-8-5-12(6-9-16)11(2)14-10-13-4-7-15-17-13/h4,7,11-12,14H,3,5-6,8-10H2,1-2H3. The van der Waals surface area contributed by atoms with E-state index >= 15 is 0 Å². The molecule has 1 aromatic heterocycles. The van der Waals surface area contributed by atoms with Crippen LogP contribution in [0.15, 0.2) is 16.8 Å². The van der Waals surface area contributed by atoms with Crippen molar-refractivity contribution in [2.75, 3.05) is 19.6 Å². The van der Waals surface area contributed by atoms with Crippen molar-refractivity contribution in [1.82, 2.24) is 15.4 Å². The fourth-order valence-electron chi connectivity index (χ4n) is 2.53. The van der Waals surface area contributed by atoms with E-state index in [1.54, 1.807) is 6.20 Å². The molecule has 1 aliphatic rings. The van der Waals surface area contributed by atoms with E-state index in [1.165, 1.54) is 32.5 Å². The molecule has 0 bridgehead atoms. The quantitative estimate of drug-likeness (QED) is 0.849. The Morgan fingerprint density at radius 2 is 2.29 bits per heavy atom. The van der Waals surface area contributed by atoms with E-state index in [0.29, 0.717) is 6.04 Å². The van der Waals surface area contributed by atoms with Gasteiger partial charge in [0.1, 0.15) is 5.76 Å². The highest BCUT2D eigenvalue weighted by molar-refractivity contribution is 4.93. The molecule has 1 saturated heterocycles. The van der Waals surface area contributed by atoms with Gasteiger partial charge in [-0.1, -0.05) is 12.1 Å². The van der Waals surface area contributed by atoms with Crippen LogP contribution in [0.3, 0.4) is 0 Å². The third kappa shape index (κ3) is 3.54. The zero-order valence-electron chi connectivity index (χ0n) is 10.9. The molecule has 96 valence electrons. The molecule has 1 atom stereocenters. The molecule has 4 heteroatoms. The lowest BCUT2D eigenvalue weighted by atomic mass is 9.90. The number of nitrogens with one attached hydrogen (secondary N) is 1. The monoisotopic (exact) mass is 237 g/mol. The van der Waals surface area contributed by atoms with Crippen LogP contribution in [0.2, 0.25) is 0 Å². The van der Waals surface area contributed by atoms with E-state index in [-0.39, 0.29) is 0 Å². The van der Waals surface area contributed by atoms with Gasteiger partial charge in [-0.15, -0.1) is 0 Å². The largest absolute Gasteiger partial charge is 0.360 e. The summed E-state index contributed by atoms with van der Waals surface area (Å²) in [5.41, 5.74) is 0. The van der Waals surface area contributed by atoms with Crippen LogP contribution in [0.5, 0.6) is 0 Å². The van der Waals surface area contributed by atoms with E-state index in [4.69, 9.17) is 4.52 Å². The smallest absolute Gasteiger partial charge is 0.150 e. The van der Waals surface area contributed by atoms with Crippen LogP contribution in [-0.4, -0.2) is 35.7 Å². The van der Waals surface area contributed by atoms with Gasteiger partial charge in [-0.25, -0.2) is 0 Å². The minimum atomic E-state index is 0.555. The van der Waals surface area contributed by atoms with Gasteiger partial charge in [-0.05, 0) is 45.3 Å². The molecular formula is C13H23N3O. The summed E-state index contributed by atoms with van der Waals surface area (Å²) in [6, 6.07) is 2.47. The lowest BCUT2D eigenvalue weighted by Gasteiger charge is -2.34. The minimum absolute atomic E-state index is 0.555. The van der Waals surface area contributed by atoms with Gasteiger partial charge in [0, 0.05) is 12.1 Å². The summed E-state index contributed by atoms with van der Waals surface area (Å²) in [4.78, 5) is 2.53. The molecule has 1 unspecified atom stereocenters.